The van der Waals surface area contributed by atoms with Gasteiger partial charge in [-0.3, -0.25) is 13.8 Å². The van der Waals surface area contributed by atoms with Crippen molar-refractivity contribution in [1.82, 2.24) is 0 Å². The van der Waals surface area contributed by atoms with Crippen LogP contribution in [0.4, 0.5) is 0 Å². The first-order valence-electron chi connectivity index (χ1n) is 22.2. The third-order valence-electron chi connectivity index (χ3n) is 10.1. The number of phosphoric ester groups is 1. The second-order valence-corrected chi connectivity index (χ2v) is 18.1. The molecule has 1 aliphatic rings. The highest BCUT2D eigenvalue weighted by Gasteiger charge is 2.35. The Bertz CT molecular complexity index is 1130. The molecule has 0 spiro atoms. The average molecular weight is 833 g/mol. The number of likely N-dealkylation sites (N-methyl/N-ethyl adjacent to an activating group) is 1. The van der Waals surface area contributed by atoms with E-state index in [4.69, 9.17) is 23.3 Å². The van der Waals surface area contributed by atoms with Crippen LogP contribution in [0.25, 0.3) is 0 Å². The fraction of sp³-hybridized carbons (Fsp3) is 0.841. The van der Waals surface area contributed by atoms with Gasteiger partial charge in [-0.05, 0) is 44.6 Å². The zero-order chi connectivity index (χ0) is 42.2. The van der Waals surface area contributed by atoms with Crippen LogP contribution in [-0.2, 0) is 32.6 Å². The van der Waals surface area contributed by atoms with Gasteiger partial charge in [0.2, 0.25) is 0 Å². The minimum Gasteiger partial charge on any atom is -0.498 e. The Kier molecular flexibility index (Phi) is 31.1. The van der Waals surface area contributed by atoms with Crippen molar-refractivity contribution in [2.75, 3.05) is 47.5 Å². The van der Waals surface area contributed by atoms with Crippen molar-refractivity contribution in [1.29, 1.82) is 0 Å². The highest BCUT2D eigenvalue weighted by atomic mass is 31.2. The average Bonchev–Trinajstić information content (AvgIpc) is 3.14. The zero-order valence-electron chi connectivity index (χ0n) is 36.4. The normalized spacial score (nSPS) is 21.4. The monoisotopic (exact) mass is 833 g/mol. The molecule has 1 saturated heterocycles. The minimum atomic E-state index is -4.37. The highest BCUT2D eigenvalue weighted by Crippen LogP contribution is 2.43. The van der Waals surface area contributed by atoms with Gasteiger partial charge in [0.05, 0.1) is 52.3 Å². The minimum absolute atomic E-state index is 0.0297. The van der Waals surface area contributed by atoms with Crippen LogP contribution in [0, 0.1) is 5.92 Å². The lowest BCUT2D eigenvalue weighted by Crippen LogP contribution is -2.43. The number of esters is 1. The molecule has 12 nitrogen and oxygen atoms in total. The van der Waals surface area contributed by atoms with Gasteiger partial charge in [0.1, 0.15) is 19.8 Å². The van der Waals surface area contributed by atoms with Gasteiger partial charge in [0.15, 0.2) is 12.4 Å². The number of unbranched alkanes of at least 4 members (excludes halogenated alkanes) is 15. The molecule has 0 radical (unpaired) electrons. The van der Waals surface area contributed by atoms with Crippen LogP contribution < -0.4 is 0 Å². The summed E-state index contributed by atoms with van der Waals surface area (Å²) in [6.07, 6.45) is 28.9. The smallest absolute Gasteiger partial charge is 0.472 e. The molecule has 334 valence electrons. The van der Waals surface area contributed by atoms with E-state index in [1.54, 1.807) is 18.4 Å². The summed E-state index contributed by atoms with van der Waals surface area (Å²) in [6, 6.07) is 0. The lowest BCUT2D eigenvalue weighted by atomic mass is 9.87. The third-order valence-corrected chi connectivity index (χ3v) is 11.0. The van der Waals surface area contributed by atoms with Gasteiger partial charge in [-0.15, -0.1) is 0 Å². The van der Waals surface area contributed by atoms with Crippen LogP contribution in [0.1, 0.15) is 155 Å². The maximum atomic E-state index is 12.8. The van der Waals surface area contributed by atoms with Crippen LogP contribution >= 0.6 is 7.82 Å². The van der Waals surface area contributed by atoms with Crippen molar-refractivity contribution in [2.45, 2.75) is 186 Å². The molecular formula is C44H83NO11P+. The predicted octanol–water partition coefficient (Wildman–Crippen LogP) is 9.06. The van der Waals surface area contributed by atoms with Crippen LogP contribution in [0.5, 0.6) is 0 Å². The van der Waals surface area contributed by atoms with Crippen molar-refractivity contribution >= 4 is 13.8 Å². The molecule has 4 N–H and O–H groups in total. The molecule has 13 heteroatoms. The lowest BCUT2D eigenvalue weighted by Gasteiger charge is -2.36. The molecule has 1 aliphatic heterocycles. The Morgan fingerprint density at radius 3 is 2.09 bits per heavy atom. The summed E-state index contributed by atoms with van der Waals surface area (Å²) >= 11 is 0. The zero-order valence-corrected chi connectivity index (χ0v) is 37.2. The van der Waals surface area contributed by atoms with E-state index in [0.29, 0.717) is 36.7 Å². The first-order chi connectivity index (χ1) is 27.3. The number of allylic oxidation sites excluding steroid dienone is 3. The second-order valence-electron chi connectivity index (χ2n) is 16.7. The molecule has 57 heavy (non-hydrogen) atoms. The number of carbonyl (C=O) groups excluding carboxylic acids is 1. The Morgan fingerprint density at radius 2 is 1.44 bits per heavy atom. The van der Waals surface area contributed by atoms with Gasteiger partial charge >= 0.3 is 13.8 Å². The molecule has 1 fully saturated rings. The van der Waals surface area contributed by atoms with E-state index in [1.807, 2.05) is 39.4 Å². The summed E-state index contributed by atoms with van der Waals surface area (Å²) in [7, 11) is 1.47. The van der Waals surface area contributed by atoms with Crippen LogP contribution in [0.15, 0.2) is 36.6 Å². The number of aliphatic hydroxyl groups is 3. The van der Waals surface area contributed by atoms with Gasteiger partial charge in [-0.25, -0.2) is 4.57 Å². The molecule has 7 atom stereocenters. The van der Waals surface area contributed by atoms with E-state index in [9.17, 15) is 29.6 Å². The van der Waals surface area contributed by atoms with Crippen molar-refractivity contribution in [3.05, 3.63) is 36.6 Å². The molecule has 1 rings (SSSR count). The van der Waals surface area contributed by atoms with Gasteiger partial charge in [0.25, 0.3) is 0 Å². The first-order valence-corrected chi connectivity index (χ1v) is 23.7. The predicted molar refractivity (Wildman–Crippen MR) is 227 cm³/mol. The summed E-state index contributed by atoms with van der Waals surface area (Å²) in [5.41, 5.74) is 0. The SMILES string of the molecule is CCCCCCCCCCCCCC/C=C\OC[C@H](COP(=O)(O)OCC[N+](C)(C)C)OC(=O)CCC/C=C\C[C@H]1[C@@H](O)CC(O)O[C@@H]1/C=C/[C@@H](O)CCCCC. The maximum absolute atomic E-state index is 12.8. The van der Waals surface area contributed by atoms with Gasteiger partial charge < -0.3 is 38.9 Å². The molecule has 1 heterocycles. The largest absolute Gasteiger partial charge is 0.498 e. The van der Waals surface area contributed by atoms with Crippen molar-refractivity contribution in [2.24, 2.45) is 5.92 Å². The lowest BCUT2D eigenvalue weighted by molar-refractivity contribution is -0.870. The molecule has 2 unspecified atom stereocenters. The Hall–Kier alpha value is -1.60. The van der Waals surface area contributed by atoms with E-state index in [-0.39, 0.29) is 38.6 Å². The summed E-state index contributed by atoms with van der Waals surface area (Å²) < 4.78 is 40.4. The molecule has 0 bridgehead atoms. The number of phosphoric acid groups is 1. The third kappa shape index (κ3) is 31.0. The van der Waals surface area contributed by atoms with Crippen molar-refractivity contribution < 1.29 is 57.3 Å². The maximum Gasteiger partial charge on any atom is 0.472 e. The van der Waals surface area contributed by atoms with E-state index < -0.39 is 44.5 Å². The number of ether oxygens (including phenoxy) is 3. The summed E-state index contributed by atoms with van der Waals surface area (Å²) in [4.78, 5) is 23.0. The number of hydrogen-bond acceptors (Lipinski definition) is 10. The van der Waals surface area contributed by atoms with E-state index in [2.05, 4.69) is 13.8 Å². The fourth-order valence-corrected chi connectivity index (χ4v) is 7.24. The molecule has 0 saturated carbocycles. The highest BCUT2D eigenvalue weighted by molar-refractivity contribution is 7.47. The molecule has 0 aromatic carbocycles. The van der Waals surface area contributed by atoms with Crippen molar-refractivity contribution in [3.8, 4) is 0 Å². The summed E-state index contributed by atoms with van der Waals surface area (Å²) in [6.45, 7) is 4.50. The number of hydrogen-bond donors (Lipinski definition) is 4. The second kappa shape index (κ2) is 33.2. The van der Waals surface area contributed by atoms with E-state index in [0.717, 1.165) is 32.1 Å². The fourth-order valence-electron chi connectivity index (χ4n) is 6.50. The van der Waals surface area contributed by atoms with Crippen LogP contribution in [-0.4, -0.2) is 109 Å². The first kappa shape index (κ1) is 53.4. The Balaban J connectivity index is 2.53. The van der Waals surface area contributed by atoms with Crippen LogP contribution in [0.2, 0.25) is 0 Å². The van der Waals surface area contributed by atoms with Gasteiger partial charge in [-0.2, -0.15) is 0 Å². The van der Waals surface area contributed by atoms with Crippen LogP contribution in [0.3, 0.4) is 0 Å². The topological polar surface area (TPSA) is 161 Å². The number of carbonyl (C=O) groups is 1. The summed E-state index contributed by atoms with van der Waals surface area (Å²) in [5, 5.41) is 31.0. The van der Waals surface area contributed by atoms with E-state index >= 15 is 0 Å². The number of rotatable bonds is 36. The number of nitrogens with zero attached hydrogens (tertiary/aromatic N) is 1. The molecule has 0 aromatic heterocycles. The molecular weight excluding hydrogens is 749 g/mol. The van der Waals surface area contributed by atoms with Crippen molar-refractivity contribution in [3.63, 3.8) is 0 Å². The van der Waals surface area contributed by atoms with Gasteiger partial charge in [0, 0.05) is 18.8 Å². The molecule has 0 aliphatic carbocycles. The molecule has 0 amide bonds. The number of quaternary nitrogens is 1. The number of aliphatic hydroxyl groups excluding tert-OH is 3. The molecule has 0 aromatic rings. The Labute approximate surface area is 346 Å². The van der Waals surface area contributed by atoms with Gasteiger partial charge in [-0.1, -0.05) is 128 Å². The quantitative estimate of drug-likeness (QED) is 0.0119. The Morgan fingerprint density at radius 1 is 0.825 bits per heavy atom. The van der Waals surface area contributed by atoms with E-state index in [1.165, 1.54) is 70.6 Å². The summed E-state index contributed by atoms with van der Waals surface area (Å²) in [5.74, 6) is -0.764. The standard InChI is InChI=1S/C44H82NO11P/c1-6-8-10-11-12-13-14-15-16-17-18-19-22-26-33-52-36-39(37-54-57(50,51)53-34-32-45(3,4)5)55-43(48)29-25-21-20-24-28-40-41(47)35-44(49)56-42(40)31-30-38(46)27-23-9-7-2/h20,24,26,30-31,33,38-42,44,46-47,49H,6-19,21-23,25,27-29,32,34-37H2,1-5H3/p+1/b24-20-,31-30+,33-26-/t38-,39+,40-,41-,42+,44?/m0/s1.